The molecule has 0 radical (unpaired) electrons. The number of rotatable bonds is 2. The van der Waals surface area contributed by atoms with Crippen molar-refractivity contribution < 1.29 is 18.1 Å². The summed E-state index contributed by atoms with van der Waals surface area (Å²) < 4.78 is 39.5. The summed E-state index contributed by atoms with van der Waals surface area (Å²) in [6.45, 7) is 0. The van der Waals surface area contributed by atoms with E-state index in [1.165, 1.54) is 16.9 Å². The van der Waals surface area contributed by atoms with Crippen LogP contribution in [0.4, 0.5) is 18.9 Å². The number of benzene rings is 1. The number of halogens is 3. The summed E-state index contributed by atoms with van der Waals surface area (Å²) in [5.74, 6) is 0. The summed E-state index contributed by atoms with van der Waals surface area (Å²) in [7, 11) is 0. The molecule has 110 valence electrons. The van der Waals surface area contributed by atoms with E-state index >= 15 is 0 Å². The van der Waals surface area contributed by atoms with Gasteiger partial charge in [0.05, 0.1) is 16.5 Å². The van der Waals surface area contributed by atoms with Crippen LogP contribution >= 0.6 is 0 Å². The van der Waals surface area contributed by atoms with Gasteiger partial charge in [-0.2, -0.15) is 18.3 Å². The fourth-order valence-corrected chi connectivity index (χ4v) is 2.64. The van der Waals surface area contributed by atoms with Crippen LogP contribution in [0.15, 0.2) is 30.6 Å². The summed E-state index contributed by atoms with van der Waals surface area (Å²) in [4.78, 5) is 10.1. The molecule has 0 fully saturated rings. The van der Waals surface area contributed by atoms with Gasteiger partial charge in [-0.15, -0.1) is 0 Å². The number of hydrogen-bond acceptors (Lipinski definition) is 3. The van der Waals surface area contributed by atoms with Gasteiger partial charge in [0.25, 0.3) is 0 Å². The van der Waals surface area contributed by atoms with Crippen molar-refractivity contribution in [3.05, 3.63) is 57.4 Å². The van der Waals surface area contributed by atoms with Gasteiger partial charge in [-0.25, -0.2) is 0 Å². The second-order valence-corrected chi connectivity index (χ2v) is 4.90. The Kier molecular flexibility index (Phi) is 2.96. The molecule has 0 saturated carbocycles. The van der Waals surface area contributed by atoms with E-state index in [1.54, 1.807) is 0 Å². The van der Waals surface area contributed by atoms with Gasteiger partial charge < -0.3 is 0 Å². The molecule has 1 aliphatic carbocycles. The Hall–Kier alpha value is -2.38. The molecule has 0 N–H and O–H groups in total. The molecule has 0 amide bonds. The van der Waals surface area contributed by atoms with Crippen LogP contribution < -0.4 is 0 Å². The van der Waals surface area contributed by atoms with Crippen molar-refractivity contribution in [2.75, 3.05) is 0 Å². The number of hydrogen-bond donors (Lipinski definition) is 0. The highest BCUT2D eigenvalue weighted by Crippen LogP contribution is 2.38. The van der Waals surface area contributed by atoms with Crippen molar-refractivity contribution in [3.63, 3.8) is 0 Å². The molecule has 1 atom stereocenters. The Labute approximate surface area is 117 Å². The van der Waals surface area contributed by atoms with Crippen LogP contribution in [0.1, 0.15) is 29.2 Å². The maximum atomic E-state index is 12.7. The Morgan fingerprint density at radius 3 is 2.76 bits per heavy atom. The van der Waals surface area contributed by atoms with Crippen molar-refractivity contribution in [1.29, 1.82) is 0 Å². The standard InChI is InChI=1S/C13H10F3N3O2/c14-13(15,16)9-2-3-11-8(5-9)1-4-12(11)18-7-10(6-17-18)19(20)21/h2-3,5-7,12H,1,4H2. The molecular formula is C13H10F3N3O2. The second kappa shape index (κ2) is 4.57. The number of aryl methyl sites for hydroxylation is 1. The normalized spacial score (nSPS) is 17.8. The first kappa shape index (κ1) is 13.6. The molecule has 1 heterocycles. The minimum atomic E-state index is -4.36. The number of fused-ring (bicyclic) bond motifs is 1. The van der Waals surface area contributed by atoms with Gasteiger partial charge in [-0.05, 0) is 36.1 Å². The molecule has 2 aromatic rings. The predicted octanol–water partition coefficient (Wildman–Crippen LogP) is 3.35. The van der Waals surface area contributed by atoms with E-state index in [4.69, 9.17) is 0 Å². The van der Waals surface area contributed by atoms with Gasteiger partial charge in [0.1, 0.15) is 12.4 Å². The van der Waals surface area contributed by atoms with Crippen molar-refractivity contribution in [2.45, 2.75) is 25.1 Å². The van der Waals surface area contributed by atoms with Gasteiger partial charge in [0, 0.05) is 0 Å². The fourth-order valence-electron chi connectivity index (χ4n) is 2.64. The van der Waals surface area contributed by atoms with Gasteiger partial charge in [0.15, 0.2) is 0 Å². The second-order valence-electron chi connectivity index (χ2n) is 4.90. The van der Waals surface area contributed by atoms with E-state index in [2.05, 4.69) is 5.10 Å². The molecular weight excluding hydrogens is 287 g/mol. The Bertz CT molecular complexity index is 709. The monoisotopic (exact) mass is 297 g/mol. The van der Waals surface area contributed by atoms with Crippen LogP contribution in [0.3, 0.4) is 0 Å². The molecule has 0 aliphatic heterocycles. The third-order valence-corrected chi connectivity index (χ3v) is 3.63. The van der Waals surface area contributed by atoms with Crippen molar-refractivity contribution in [1.82, 2.24) is 9.78 Å². The zero-order chi connectivity index (χ0) is 15.2. The van der Waals surface area contributed by atoms with E-state index in [0.717, 1.165) is 23.9 Å². The van der Waals surface area contributed by atoms with Gasteiger partial charge in [-0.1, -0.05) is 6.07 Å². The summed E-state index contributed by atoms with van der Waals surface area (Å²) in [6, 6.07) is 3.36. The van der Waals surface area contributed by atoms with E-state index in [9.17, 15) is 23.3 Å². The largest absolute Gasteiger partial charge is 0.416 e. The topological polar surface area (TPSA) is 61.0 Å². The first-order valence-electron chi connectivity index (χ1n) is 6.25. The lowest BCUT2D eigenvalue weighted by molar-refractivity contribution is -0.385. The quantitative estimate of drug-likeness (QED) is 0.631. The maximum Gasteiger partial charge on any atom is 0.416 e. The van der Waals surface area contributed by atoms with Gasteiger partial charge in [0.2, 0.25) is 0 Å². The maximum absolute atomic E-state index is 12.7. The zero-order valence-corrected chi connectivity index (χ0v) is 10.7. The third kappa shape index (κ3) is 2.37. The first-order valence-corrected chi connectivity index (χ1v) is 6.25. The molecule has 0 bridgehead atoms. The first-order chi connectivity index (χ1) is 9.86. The lowest BCUT2D eigenvalue weighted by Crippen LogP contribution is -2.09. The van der Waals surface area contributed by atoms with Crippen LogP contribution in [-0.4, -0.2) is 14.7 Å². The number of nitrogens with zero attached hydrogens (tertiary/aromatic N) is 3. The molecule has 1 unspecified atom stereocenters. The Morgan fingerprint density at radius 1 is 1.38 bits per heavy atom. The van der Waals surface area contributed by atoms with E-state index in [-0.39, 0.29) is 11.7 Å². The number of alkyl halides is 3. The highest BCUT2D eigenvalue weighted by Gasteiger charge is 2.33. The SMILES string of the molecule is O=[N+]([O-])c1cnn(C2CCc3cc(C(F)(F)F)ccc32)c1. The van der Waals surface area contributed by atoms with Crippen LogP contribution in [-0.2, 0) is 12.6 Å². The van der Waals surface area contributed by atoms with E-state index < -0.39 is 16.7 Å². The number of nitro groups is 1. The summed E-state index contributed by atoms with van der Waals surface area (Å²) in [5.41, 5.74) is 0.553. The summed E-state index contributed by atoms with van der Waals surface area (Å²) in [5, 5.41) is 14.6. The Morgan fingerprint density at radius 2 is 2.14 bits per heavy atom. The molecule has 3 rings (SSSR count). The molecule has 0 saturated heterocycles. The molecule has 1 aromatic carbocycles. The zero-order valence-electron chi connectivity index (χ0n) is 10.7. The summed E-state index contributed by atoms with van der Waals surface area (Å²) >= 11 is 0. The number of aromatic nitrogens is 2. The lowest BCUT2D eigenvalue weighted by atomic mass is 10.0. The molecule has 1 aromatic heterocycles. The van der Waals surface area contributed by atoms with Gasteiger partial charge >= 0.3 is 11.9 Å². The minimum absolute atomic E-state index is 0.129. The summed E-state index contributed by atoms with van der Waals surface area (Å²) in [6.07, 6.45) is -0.843. The van der Waals surface area contributed by atoms with Crippen molar-refractivity contribution >= 4 is 5.69 Å². The molecule has 5 nitrogen and oxygen atoms in total. The van der Waals surface area contributed by atoms with Crippen molar-refractivity contribution in [3.8, 4) is 0 Å². The lowest BCUT2D eigenvalue weighted by Gasteiger charge is -2.13. The van der Waals surface area contributed by atoms with Crippen LogP contribution in [0.2, 0.25) is 0 Å². The molecule has 1 aliphatic rings. The highest BCUT2D eigenvalue weighted by atomic mass is 19.4. The molecule has 8 heteroatoms. The molecule has 0 spiro atoms. The van der Waals surface area contributed by atoms with Crippen molar-refractivity contribution in [2.24, 2.45) is 0 Å². The van der Waals surface area contributed by atoms with Gasteiger partial charge in [-0.3, -0.25) is 14.8 Å². The van der Waals surface area contributed by atoms with Crippen LogP contribution in [0.25, 0.3) is 0 Å². The van der Waals surface area contributed by atoms with E-state index in [1.807, 2.05) is 0 Å². The Balaban J connectivity index is 1.95. The van der Waals surface area contributed by atoms with Crippen LogP contribution in [0.5, 0.6) is 0 Å². The average Bonchev–Trinajstić information content (AvgIpc) is 3.03. The van der Waals surface area contributed by atoms with E-state index in [0.29, 0.717) is 18.4 Å². The fraction of sp³-hybridized carbons (Fsp3) is 0.308. The predicted molar refractivity (Wildman–Crippen MR) is 66.8 cm³/mol. The average molecular weight is 297 g/mol. The third-order valence-electron chi connectivity index (χ3n) is 3.63. The smallest absolute Gasteiger partial charge is 0.258 e. The van der Waals surface area contributed by atoms with Crippen LogP contribution in [0, 0.1) is 10.1 Å². The minimum Gasteiger partial charge on any atom is -0.258 e. The molecule has 21 heavy (non-hydrogen) atoms. The highest BCUT2D eigenvalue weighted by molar-refractivity contribution is 5.39.